The summed E-state index contributed by atoms with van der Waals surface area (Å²) in [4.78, 5) is 32.9. The fourth-order valence-electron chi connectivity index (χ4n) is 3.66. The number of hydrogen-bond donors (Lipinski definition) is 2. The third-order valence-corrected chi connectivity index (χ3v) is 5.70. The molecule has 0 atom stereocenters. The van der Waals surface area contributed by atoms with Gasteiger partial charge in [0.15, 0.2) is 0 Å². The quantitative estimate of drug-likeness (QED) is 0.210. The van der Waals surface area contributed by atoms with Crippen molar-refractivity contribution in [1.82, 2.24) is 9.97 Å². The van der Waals surface area contributed by atoms with E-state index in [1.165, 1.54) is 6.20 Å². The van der Waals surface area contributed by atoms with E-state index < -0.39 is 11.9 Å². The molecule has 0 aliphatic carbocycles. The number of hydrogen-bond acceptors (Lipinski definition) is 9. The molecule has 39 heavy (non-hydrogen) atoms. The van der Waals surface area contributed by atoms with Gasteiger partial charge in [0.25, 0.3) is 0 Å². The van der Waals surface area contributed by atoms with E-state index in [9.17, 15) is 14.9 Å². The van der Waals surface area contributed by atoms with Crippen molar-refractivity contribution >= 4 is 51.4 Å². The molecule has 0 spiro atoms. The molecule has 0 fully saturated rings. The van der Waals surface area contributed by atoms with Crippen molar-refractivity contribution in [2.45, 2.75) is 20.5 Å². The number of nitrogens with one attached hydrogen (secondary N) is 2. The van der Waals surface area contributed by atoms with Crippen molar-refractivity contribution in [1.29, 1.82) is 5.26 Å². The average molecular weight is 546 g/mol. The molecule has 2 heterocycles. The Morgan fingerprint density at radius 2 is 1.87 bits per heavy atom. The minimum atomic E-state index is -1.03. The molecule has 10 nitrogen and oxygen atoms in total. The first-order valence-electron chi connectivity index (χ1n) is 12.0. The van der Waals surface area contributed by atoms with Crippen LogP contribution in [-0.4, -0.2) is 35.1 Å². The Morgan fingerprint density at radius 3 is 2.56 bits per heavy atom. The largest absolute Gasteiger partial charge is 0.492 e. The second-order valence-electron chi connectivity index (χ2n) is 8.01. The van der Waals surface area contributed by atoms with Crippen LogP contribution in [0.1, 0.15) is 25.1 Å². The van der Waals surface area contributed by atoms with Gasteiger partial charge in [0.2, 0.25) is 0 Å². The van der Waals surface area contributed by atoms with Crippen molar-refractivity contribution in [3.05, 3.63) is 77.2 Å². The van der Waals surface area contributed by atoms with Crippen LogP contribution in [0, 0.1) is 11.3 Å². The van der Waals surface area contributed by atoms with Crippen molar-refractivity contribution in [3.63, 3.8) is 0 Å². The minimum Gasteiger partial charge on any atom is -0.492 e. The third kappa shape index (κ3) is 6.52. The molecule has 4 rings (SSSR count). The Morgan fingerprint density at radius 1 is 1.03 bits per heavy atom. The summed E-state index contributed by atoms with van der Waals surface area (Å²) in [7, 11) is 0. The number of pyridine rings is 2. The highest BCUT2D eigenvalue weighted by Crippen LogP contribution is 2.37. The second kappa shape index (κ2) is 12.6. The molecule has 0 unspecified atom stereocenters. The van der Waals surface area contributed by atoms with Gasteiger partial charge in [-0.05, 0) is 50.2 Å². The Kier molecular flexibility index (Phi) is 8.76. The Labute approximate surface area is 229 Å². The van der Waals surface area contributed by atoms with Gasteiger partial charge in [0.05, 0.1) is 46.4 Å². The van der Waals surface area contributed by atoms with Gasteiger partial charge >= 0.3 is 11.9 Å². The first-order chi connectivity index (χ1) is 18.9. The fraction of sp³-hybridized carbons (Fsp3) is 0.179. The molecule has 2 N–H and O–H groups in total. The van der Waals surface area contributed by atoms with E-state index in [4.69, 9.17) is 25.8 Å². The number of anilines is 3. The maximum absolute atomic E-state index is 12.4. The maximum atomic E-state index is 12.4. The number of nitriles is 1. The highest BCUT2D eigenvalue weighted by Gasteiger charge is 2.20. The van der Waals surface area contributed by atoms with Gasteiger partial charge in [-0.25, -0.2) is 4.79 Å². The standard InChI is InChI=1S/C28H24ClN5O5/c1-3-37-25-13-22-20(12-23(25)34-27(35)28(36)38-4-2)26(17(14-30)15-32-22)33-18-8-9-24(21(29)11-18)39-16-19-7-5-6-10-31-19/h5-13,15H,3-4,16H2,1-2H3,(H,32,33)(H,34,35). The van der Waals surface area contributed by atoms with Crippen LogP contribution in [0.2, 0.25) is 5.02 Å². The van der Waals surface area contributed by atoms with Gasteiger partial charge in [-0.1, -0.05) is 17.7 Å². The number of ether oxygens (including phenoxy) is 3. The molecule has 0 saturated carbocycles. The normalized spacial score (nSPS) is 10.4. The van der Waals surface area contributed by atoms with Gasteiger partial charge in [0, 0.05) is 29.5 Å². The Balaban J connectivity index is 1.67. The molecule has 0 radical (unpaired) electrons. The van der Waals surface area contributed by atoms with Crippen LogP contribution in [-0.2, 0) is 20.9 Å². The van der Waals surface area contributed by atoms with E-state index in [0.29, 0.717) is 45.4 Å². The topological polar surface area (TPSA) is 135 Å². The van der Waals surface area contributed by atoms with E-state index in [1.54, 1.807) is 50.4 Å². The SMILES string of the molecule is CCOC(=O)C(=O)Nc1cc2c(Nc3ccc(OCc4ccccn4)c(Cl)c3)c(C#N)cnc2cc1OCC. The zero-order valence-corrected chi connectivity index (χ0v) is 21.9. The van der Waals surface area contributed by atoms with E-state index in [0.717, 1.165) is 5.69 Å². The summed E-state index contributed by atoms with van der Waals surface area (Å²) < 4.78 is 16.2. The molecule has 11 heteroatoms. The summed E-state index contributed by atoms with van der Waals surface area (Å²) in [6.07, 6.45) is 3.12. The van der Waals surface area contributed by atoms with Gasteiger partial charge in [0.1, 0.15) is 24.2 Å². The smallest absolute Gasteiger partial charge is 0.397 e. The summed E-state index contributed by atoms with van der Waals surface area (Å²) in [5.41, 5.74) is 2.74. The van der Waals surface area contributed by atoms with E-state index >= 15 is 0 Å². The molecule has 1 amide bonds. The van der Waals surface area contributed by atoms with Crippen LogP contribution in [0.3, 0.4) is 0 Å². The van der Waals surface area contributed by atoms with Crippen molar-refractivity contribution < 1.29 is 23.8 Å². The van der Waals surface area contributed by atoms with Crippen LogP contribution in [0.4, 0.5) is 17.1 Å². The Hall–Kier alpha value is -4.88. The second-order valence-corrected chi connectivity index (χ2v) is 8.42. The number of esters is 1. The third-order valence-electron chi connectivity index (χ3n) is 5.40. The lowest BCUT2D eigenvalue weighted by molar-refractivity contribution is -0.152. The highest BCUT2D eigenvalue weighted by molar-refractivity contribution is 6.37. The zero-order valence-electron chi connectivity index (χ0n) is 21.2. The summed E-state index contributed by atoms with van der Waals surface area (Å²) in [6.45, 7) is 4.01. The number of carbonyl (C=O) groups is 2. The lowest BCUT2D eigenvalue weighted by Gasteiger charge is -2.16. The molecule has 0 aliphatic rings. The maximum Gasteiger partial charge on any atom is 0.397 e. The molecular formula is C28H24ClN5O5. The molecule has 0 aliphatic heterocycles. The molecule has 0 bridgehead atoms. The van der Waals surface area contributed by atoms with Gasteiger partial charge in [-0.15, -0.1) is 0 Å². The number of carbonyl (C=O) groups excluding carboxylic acids is 2. The van der Waals surface area contributed by atoms with Gasteiger partial charge in [-0.3, -0.25) is 14.8 Å². The predicted octanol–water partition coefficient (Wildman–Crippen LogP) is 5.38. The summed E-state index contributed by atoms with van der Waals surface area (Å²) in [5, 5.41) is 16.4. The monoisotopic (exact) mass is 545 g/mol. The molecule has 0 saturated heterocycles. The van der Waals surface area contributed by atoms with Crippen molar-refractivity contribution in [2.24, 2.45) is 0 Å². The summed E-state index contributed by atoms with van der Waals surface area (Å²) in [5.74, 6) is -1.20. The molecular weight excluding hydrogens is 522 g/mol. The number of nitrogens with zero attached hydrogens (tertiary/aromatic N) is 3. The van der Waals surface area contributed by atoms with Gasteiger partial charge < -0.3 is 24.8 Å². The van der Waals surface area contributed by atoms with Crippen LogP contribution in [0.5, 0.6) is 11.5 Å². The lowest BCUT2D eigenvalue weighted by Crippen LogP contribution is -2.25. The van der Waals surface area contributed by atoms with Crippen molar-refractivity contribution in [2.75, 3.05) is 23.8 Å². The van der Waals surface area contributed by atoms with Crippen LogP contribution < -0.4 is 20.1 Å². The average Bonchev–Trinajstić information content (AvgIpc) is 2.94. The van der Waals surface area contributed by atoms with E-state index in [-0.39, 0.29) is 24.5 Å². The lowest BCUT2D eigenvalue weighted by atomic mass is 10.1. The fourth-order valence-corrected chi connectivity index (χ4v) is 3.89. The molecule has 4 aromatic rings. The first-order valence-corrected chi connectivity index (χ1v) is 12.4. The van der Waals surface area contributed by atoms with Crippen LogP contribution >= 0.6 is 11.6 Å². The van der Waals surface area contributed by atoms with Crippen molar-refractivity contribution in [3.8, 4) is 17.6 Å². The van der Waals surface area contributed by atoms with Gasteiger partial charge in [-0.2, -0.15) is 5.26 Å². The number of benzene rings is 2. The van der Waals surface area contributed by atoms with E-state index in [1.807, 2.05) is 18.2 Å². The van der Waals surface area contributed by atoms with Crippen LogP contribution in [0.15, 0.2) is 60.9 Å². The minimum absolute atomic E-state index is 0.0569. The van der Waals surface area contributed by atoms with Crippen LogP contribution in [0.25, 0.3) is 10.9 Å². The number of rotatable bonds is 9. The first kappa shape index (κ1) is 27.2. The number of fused-ring (bicyclic) bond motifs is 1. The highest BCUT2D eigenvalue weighted by atomic mass is 35.5. The molecule has 2 aromatic heterocycles. The number of amides is 1. The molecule has 2 aromatic carbocycles. The summed E-state index contributed by atoms with van der Waals surface area (Å²) >= 11 is 6.48. The van der Waals surface area contributed by atoms with E-state index in [2.05, 4.69) is 26.7 Å². The zero-order chi connectivity index (χ0) is 27.8. The molecule has 198 valence electrons. The number of aromatic nitrogens is 2. The summed E-state index contributed by atoms with van der Waals surface area (Å²) in [6, 6.07) is 16.0. The number of halogens is 1. The predicted molar refractivity (Wildman–Crippen MR) is 146 cm³/mol. The Bertz CT molecular complexity index is 1560.